The van der Waals surface area contributed by atoms with Crippen molar-refractivity contribution in [2.45, 2.75) is 26.8 Å². The molecule has 0 atom stereocenters. The van der Waals surface area contributed by atoms with Gasteiger partial charge in [0.15, 0.2) is 5.01 Å². The third-order valence-electron chi connectivity index (χ3n) is 5.35. The van der Waals surface area contributed by atoms with E-state index in [2.05, 4.69) is 66.2 Å². The Labute approximate surface area is 164 Å². The van der Waals surface area contributed by atoms with Crippen LogP contribution in [0, 0.1) is 6.92 Å². The van der Waals surface area contributed by atoms with Crippen LogP contribution in [0.2, 0.25) is 0 Å². The maximum Gasteiger partial charge on any atom is 0.282 e. The van der Waals surface area contributed by atoms with Crippen molar-refractivity contribution in [3.8, 4) is 10.4 Å². The van der Waals surface area contributed by atoms with Crippen LogP contribution in [0.5, 0.6) is 0 Å². The van der Waals surface area contributed by atoms with Crippen LogP contribution < -0.4 is 0 Å². The van der Waals surface area contributed by atoms with Crippen LogP contribution in [0.3, 0.4) is 0 Å². The van der Waals surface area contributed by atoms with E-state index in [0.29, 0.717) is 11.0 Å². The number of piperazine rings is 1. The maximum atomic E-state index is 13.0. The van der Waals surface area contributed by atoms with Crippen molar-refractivity contribution in [1.82, 2.24) is 14.8 Å². The highest BCUT2D eigenvalue weighted by molar-refractivity contribution is 7.17. The third kappa shape index (κ3) is 3.49. The minimum Gasteiger partial charge on any atom is -0.334 e. The zero-order valence-electron chi connectivity index (χ0n) is 16.1. The zero-order valence-corrected chi connectivity index (χ0v) is 16.9. The van der Waals surface area contributed by atoms with Crippen molar-refractivity contribution in [1.29, 1.82) is 0 Å². The Hall–Kier alpha value is -2.24. The quantitative estimate of drug-likeness (QED) is 0.675. The first-order valence-corrected chi connectivity index (χ1v) is 10.3. The fourth-order valence-electron chi connectivity index (χ4n) is 3.74. The number of fused-ring (bicyclic) bond motifs is 1. The first kappa shape index (κ1) is 18.1. The molecule has 1 aromatic heterocycles. The predicted octanol–water partition coefficient (Wildman–Crippen LogP) is 4.44. The molecular formula is C22H25N3OS. The standard InChI is InChI=1S/C22H25N3OS/c1-15(2)24-11-13-25(14-12-24)22(26)21-23-16(3)20(27-21)19-10-6-8-17-7-4-5-9-18(17)19/h4-10,15H,11-14H2,1-3H3. The second kappa shape index (κ2) is 7.41. The van der Waals surface area contributed by atoms with E-state index >= 15 is 0 Å². The molecule has 5 heteroatoms. The van der Waals surface area contributed by atoms with E-state index in [1.54, 1.807) is 0 Å². The summed E-state index contributed by atoms with van der Waals surface area (Å²) in [7, 11) is 0. The summed E-state index contributed by atoms with van der Waals surface area (Å²) < 4.78 is 0. The lowest BCUT2D eigenvalue weighted by molar-refractivity contribution is 0.0595. The van der Waals surface area contributed by atoms with Gasteiger partial charge in [-0.05, 0) is 31.5 Å². The topological polar surface area (TPSA) is 36.4 Å². The molecule has 0 aliphatic carbocycles. The van der Waals surface area contributed by atoms with Crippen molar-refractivity contribution in [2.24, 2.45) is 0 Å². The Morgan fingerprint density at radius 3 is 2.48 bits per heavy atom. The molecule has 0 radical (unpaired) electrons. The van der Waals surface area contributed by atoms with Gasteiger partial charge in [-0.3, -0.25) is 9.69 Å². The van der Waals surface area contributed by atoms with Crippen molar-refractivity contribution in [3.63, 3.8) is 0 Å². The first-order valence-electron chi connectivity index (χ1n) is 9.53. The largest absolute Gasteiger partial charge is 0.334 e. The maximum absolute atomic E-state index is 13.0. The number of benzene rings is 2. The Morgan fingerprint density at radius 1 is 1.04 bits per heavy atom. The monoisotopic (exact) mass is 379 g/mol. The smallest absolute Gasteiger partial charge is 0.282 e. The van der Waals surface area contributed by atoms with Gasteiger partial charge in [-0.15, -0.1) is 11.3 Å². The van der Waals surface area contributed by atoms with E-state index in [0.717, 1.165) is 42.3 Å². The van der Waals surface area contributed by atoms with E-state index < -0.39 is 0 Å². The van der Waals surface area contributed by atoms with E-state index in [9.17, 15) is 4.79 Å². The van der Waals surface area contributed by atoms with Gasteiger partial charge in [-0.1, -0.05) is 42.5 Å². The highest BCUT2D eigenvalue weighted by atomic mass is 32.1. The predicted molar refractivity (Wildman–Crippen MR) is 112 cm³/mol. The molecule has 0 spiro atoms. The second-order valence-electron chi connectivity index (χ2n) is 7.38. The Morgan fingerprint density at radius 2 is 1.74 bits per heavy atom. The van der Waals surface area contributed by atoms with Gasteiger partial charge in [-0.2, -0.15) is 0 Å². The number of rotatable bonds is 3. The molecule has 140 valence electrons. The van der Waals surface area contributed by atoms with Gasteiger partial charge in [0.05, 0.1) is 10.6 Å². The van der Waals surface area contributed by atoms with Gasteiger partial charge < -0.3 is 4.90 Å². The number of aryl methyl sites for hydroxylation is 1. The molecule has 1 amide bonds. The summed E-state index contributed by atoms with van der Waals surface area (Å²) >= 11 is 1.52. The number of carbonyl (C=O) groups is 1. The van der Waals surface area contributed by atoms with Crippen molar-refractivity contribution in [3.05, 3.63) is 53.2 Å². The molecule has 1 fully saturated rings. The number of hydrogen-bond donors (Lipinski definition) is 0. The Balaban J connectivity index is 1.61. The fraction of sp³-hybridized carbons (Fsp3) is 0.364. The summed E-state index contributed by atoms with van der Waals surface area (Å²) in [6.45, 7) is 9.84. The molecule has 2 heterocycles. The summed E-state index contributed by atoms with van der Waals surface area (Å²) in [4.78, 5) is 23.1. The summed E-state index contributed by atoms with van der Waals surface area (Å²) in [5, 5.41) is 3.02. The van der Waals surface area contributed by atoms with Crippen LogP contribution >= 0.6 is 11.3 Å². The molecule has 0 saturated carbocycles. The van der Waals surface area contributed by atoms with E-state index in [1.807, 2.05) is 11.8 Å². The van der Waals surface area contributed by atoms with Gasteiger partial charge >= 0.3 is 0 Å². The Kier molecular flexibility index (Phi) is 4.98. The molecule has 1 saturated heterocycles. The van der Waals surface area contributed by atoms with Crippen LogP contribution in [-0.2, 0) is 0 Å². The summed E-state index contributed by atoms with van der Waals surface area (Å²) in [5.74, 6) is 0.0676. The number of aromatic nitrogens is 1. The highest BCUT2D eigenvalue weighted by Crippen LogP contribution is 2.35. The average molecular weight is 380 g/mol. The summed E-state index contributed by atoms with van der Waals surface area (Å²) in [6, 6.07) is 15.2. The zero-order chi connectivity index (χ0) is 19.0. The van der Waals surface area contributed by atoms with Gasteiger partial charge in [-0.25, -0.2) is 4.98 Å². The van der Waals surface area contributed by atoms with E-state index in [1.165, 1.54) is 22.1 Å². The van der Waals surface area contributed by atoms with Crippen LogP contribution in [0.15, 0.2) is 42.5 Å². The van der Waals surface area contributed by atoms with E-state index in [4.69, 9.17) is 0 Å². The molecular weight excluding hydrogens is 354 g/mol. The lowest BCUT2D eigenvalue weighted by Gasteiger charge is -2.36. The number of hydrogen-bond acceptors (Lipinski definition) is 4. The minimum absolute atomic E-state index is 0.0676. The second-order valence-corrected chi connectivity index (χ2v) is 8.38. The number of thiazole rings is 1. The molecule has 0 N–H and O–H groups in total. The molecule has 27 heavy (non-hydrogen) atoms. The van der Waals surface area contributed by atoms with Crippen molar-refractivity contribution in [2.75, 3.05) is 26.2 Å². The number of nitrogens with zero attached hydrogens (tertiary/aromatic N) is 3. The molecule has 1 aliphatic heterocycles. The fourth-order valence-corrected chi connectivity index (χ4v) is 4.81. The molecule has 1 aliphatic rings. The molecule has 3 aromatic rings. The van der Waals surface area contributed by atoms with Gasteiger partial charge in [0.25, 0.3) is 5.91 Å². The molecule has 2 aromatic carbocycles. The highest BCUT2D eigenvalue weighted by Gasteiger charge is 2.26. The average Bonchev–Trinajstić information content (AvgIpc) is 3.08. The summed E-state index contributed by atoms with van der Waals surface area (Å²) in [6.07, 6.45) is 0. The third-order valence-corrected chi connectivity index (χ3v) is 6.52. The van der Waals surface area contributed by atoms with Crippen molar-refractivity contribution >= 4 is 28.0 Å². The van der Waals surface area contributed by atoms with Crippen molar-refractivity contribution < 1.29 is 4.79 Å². The molecule has 4 rings (SSSR count). The van der Waals surface area contributed by atoms with Crippen LogP contribution in [-0.4, -0.2) is 52.9 Å². The van der Waals surface area contributed by atoms with Crippen LogP contribution in [0.25, 0.3) is 21.2 Å². The van der Waals surface area contributed by atoms with Gasteiger partial charge in [0.2, 0.25) is 0 Å². The SMILES string of the molecule is Cc1nc(C(=O)N2CCN(C(C)C)CC2)sc1-c1cccc2ccccc12. The molecule has 4 nitrogen and oxygen atoms in total. The lowest BCUT2D eigenvalue weighted by atomic mass is 10.0. The normalized spacial score (nSPS) is 15.6. The number of carbonyl (C=O) groups excluding carboxylic acids is 1. The summed E-state index contributed by atoms with van der Waals surface area (Å²) in [5.41, 5.74) is 2.09. The Bertz CT molecular complexity index is 965. The number of amides is 1. The molecule has 0 bridgehead atoms. The van der Waals surface area contributed by atoms with E-state index in [-0.39, 0.29) is 5.91 Å². The minimum atomic E-state index is 0.0676. The molecule has 0 unspecified atom stereocenters. The van der Waals surface area contributed by atoms with Gasteiger partial charge in [0, 0.05) is 37.8 Å². The first-order chi connectivity index (χ1) is 13.0. The lowest BCUT2D eigenvalue weighted by Crippen LogP contribution is -2.50. The van der Waals surface area contributed by atoms with Gasteiger partial charge in [0.1, 0.15) is 0 Å². The van der Waals surface area contributed by atoms with Crippen LogP contribution in [0.1, 0.15) is 29.3 Å². The van der Waals surface area contributed by atoms with Crippen LogP contribution in [0.4, 0.5) is 0 Å².